The maximum absolute atomic E-state index is 11.8. The van der Waals surface area contributed by atoms with Crippen LogP contribution in [-0.4, -0.2) is 25.2 Å². The van der Waals surface area contributed by atoms with Crippen molar-refractivity contribution in [3.8, 4) is 0 Å². The summed E-state index contributed by atoms with van der Waals surface area (Å²) in [6.45, 7) is 5.35. The minimum absolute atomic E-state index is 0.109. The molecule has 0 saturated heterocycles. The Hall–Kier alpha value is -1.58. The lowest BCUT2D eigenvalue weighted by Crippen LogP contribution is -2.11. The summed E-state index contributed by atoms with van der Waals surface area (Å²) in [6, 6.07) is 0. The van der Waals surface area contributed by atoms with Crippen LogP contribution in [0.25, 0.3) is 0 Å². The van der Waals surface area contributed by atoms with E-state index in [0.29, 0.717) is 13.2 Å². The van der Waals surface area contributed by atoms with E-state index in [1.54, 1.807) is 0 Å². The Morgan fingerprint density at radius 1 is 0.471 bits per heavy atom. The molecule has 34 heavy (non-hydrogen) atoms. The van der Waals surface area contributed by atoms with Crippen LogP contribution < -0.4 is 0 Å². The highest BCUT2D eigenvalue weighted by Crippen LogP contribution is 2.08. The van der Waals surface area contributed by atoms with E-state index in [4.69, 9.17) is 9.47 Å². The summed E-state index contributed by atoms with van der Waals surface area (Å²) >= 11 is 0. The van der Waals surface area contributed by atoms with Gasteiger partial charge in [0.25, 0.3) is 0 Å². The molecule has 198 valence electrons. The standard InChI is InChI=1S/C30H54O4/c1-3-5-7-9-11-13-15-17-19-21-23-27-33-29(31)25-26-30(32)34-28-24-22-20-18-16-14-12-10-8-6-4-2/h15-18H,3-14,19-28H2,1-2H3/b17-15+,18-16+. The van der Waals surface area contributed by atoms with Crippen LogP contribution in [0.1, 0.15) is 142 Å². The van der Waals surface area contributed by atoms with Crippen LogP contribution in [0, 0.1) is 0 Å². The Morgan fingerprint density at radius 3 is 1.15 bits per heavy atom. The van der Waals surface area contributed by atoms with Crippen molar-refractivity contribution in [1.29, 1.82) is 0 Å². The molecule has 0 aliphatic heterocycles. The van der Waals surface area contributed by atoms with Crippen LogP contribution in [0.2, 0.25) is 0 Å². The quantitative estimate of drug-likeness (QED) is 0.0746. The topological polar surface area (TPSA) is 52.6 Å². The molecule has 0 radical (unpaired) electrons. The van der Waals surface area contributed by atoms with Gasteiger partial charge in [0.1, 0.15) is 0 Å². The van der Waals surface area contributed by atoms with E-state index in [1.807, 2.05) is 0 Å². The molecule has 0 heterocycles. The third-order valence-electron chi connectivity index (χ3n) is 5.87. The van der Waals surface area contributed by atoms with E-state index in [0.717, 1.165) is 38.5 Å². The fourth-order valence-electron chi connectivity index (χ4n) is 3.65. The molecule has 0 rings (SSSR count). The van der Waals surface area contributed by atoms with Gasteiger partial charge in [0.2, 0.25) is 0 Å². The molecule has 0 aromatic rings. The van der Waals surface area contributed by atoms with Crippen molar-refractivity contribution in [2.24, 2.45) is 0 Å². The SMILES string of the molecule is CCCCCCC/C=C/CCCCOC(=O)CCC(=O)OCCCC/C=C/CCCCCCC. The van der Waals surface area contributed by atoms with Gasteiger partial charge < -0.3 is 9.47 Å². The number of hydrogen-bond donors (Lipinski definition) is 0. The summed E-state index contributed by atoms with van der Waals surface area (Å²) in [5.41, 5.74) is 0. The fraction of sp³-hybridized carbons (Fsp3) is 0.800. The fourth-order valence-corrected chi connectivity index (χ4v) is 3.65. The zero-order valence-corrected chi connectivity index (χ0v) is 22.5. The Morgan fingerprint density at radius 2 is 0.794 bits per heavy atom. The van der Waals surface area contributed by atoms with Crippen LogP contribution in [0.15, 0.2) is 24.3 Å². The molecule has 0 saturated carbocycles. The second-order valence-electron chi connectivity index (χ2n) is 9.28. The number of hydrogen-bond acceptors (Lipinski definition) is 4. The minimum atomic E-state index is -0.306. The molecule has 0 unspecified atom stereocenters. The first-order chi connectivity index (χ1) is 16.7. The van der Waals surface area contributed by atoms with Crippen LogP contribution in [-0.2, 0) is 19.1 Å². The molecule has 0 aromatic heterocycles. The zero-order chi connectivity index (χ0) is 25.0. The van der Waals surface area contributed by atoms with Crippen molar-refractivity contribution < 1.29 is 19.1 Å². The van der Waals surface area contributed by atoms with Gasteiger partial charge in [-0.25, -0.2) is 0 Å². The van der Waals surface area contributed by atoms with Gasteiger partial charge >= 0.3 is 11.9 Å². The zero-order valence-electron chi connectivity index (χ0n) is 22.5. The Kier molecular flexibility index (Phi) is 26.4. The van der Waals surface area contributed by atoms with Gasteiger partial charge in [-0.15, -0.1) is 0 Å². The van der Waals surface area contributed by atoms with E-state index in [2.05, 4.69) is 38.2 Å². The highest BCUT2D eigenvalue weighted by atomic mass is 16.5. The molecule has 0 atom stereocenters. The highest BCUT2D eigenvalue weighted by Gasteiger charge is 2.08. The molecular formula is C30H54O4. The predicted octanol–water partition coefficient (Wildman–Crippen LogP) is 9.03. The number of unbranched alkanes of at least 4 members (excludes halogenated alkanes) is 14. The summed E-state index contributed by atoms with van der Waals surface area (Å²) in [7, 11) is 0. The first kappa shape index (κ1) is 32.4. The van der Waals surface area contributed by atoms with Crippen molar-refractivity contribution in [2.45, 2.75) is 142 Å². The molecule has 4 heteroatoms. The van der Waals surface area contributed by atoms with Crippen molar-refractivity contribution in [2.75, 3.05) is 13.2 Å². The second-order valence-corrected chi connectivity index (χ2v) is 9.28. The number of rotatable bonds is 25. The first-order valence-electron chi connectivity index (χ1n) is 14.3. The minimum Gasteiger partial charge on any atom is -0.466 e. The van der Waals surface area contributed by atoms with Crippen molar-refractivity contribution >= 4 is 11.9 Å². The first-order valence-corrected chi connectivity index (χ1v) is 14.3. The highest BCUT2D eigenvalue weighted by molar-refractivity contribution is 5.77. The van der Waals surface area contributed by atoms with Gasteiger partial charge in [0, 0.05) is 0 Å². The molecule has 0 aliphatic rings. The van der Waals surface area contributed by atoms with Gasteiger partial charge in [-0.3, -0.25) is 9.59 Å². The largest absolute Gasteiger partial charge is 0.466 e. The molecule has 0 spiro atoms. The molecule has 0 fully saturated rings. The van der Waals surface area contributed by atoms with Crippen molar-refractivity contribution in [3.63, 3.8) is 0 Å². The van der Waals surface area contributed by atoms with Crippen molar-refractivity contribution in [1.82, 2.24) is 0 Å². The Balaban J connectivity index is 3.40. The van der Waals surface area contributed by atoms with Crippen LogP contribution in [0.5, 0.6) is 0 Å². The molecule has 0 aliphatic carbocycles. The average molecular weight is 479 g/mol. The number of ether oxygens (including phenoxy) is 2. The van der Waals surface area contributed by atoms with Crippen molar-refractivity contribution in [3.05, 3.63) is 24.3 Å². The Bertz CT molecular complexity index is 464. The predicted molar refractivity (Wildman–Crippen MR) is 144 cm³/mol. The van der Waals surface area contributed by atoms with Crippen LogP contribution in [0.3, 0.4) is 0 Å². The van der Waals surface area contributed by atoms with Gasteiger partial charge in [0.15, 0.2) is 0 Å². The molecule has 0 amide bonds. The third kappa shape index (κ3) is 26.7. The van der Waals surface area contributed by atoms with Crippen LogP contribution >= 0.6 is 0 Å². The van der Waals surface area contributed by atoms with E-state index >= 15 is 0 Å². The monoisotopic (exact) mass is 478 g/mol. The lowest BCUT2D eigenvalue weighted by molar-refractivity contribution is -0.150. The number of allylic oxidation sites excluding steroid dienone is 4. The van der Waals surface area contributed by atoms with Gasteiger partial charge in [-0.2, -0.15) is 0 Å². The number of carbonyl (C=O) groups excluding carboxylic acids is 2. The van der Waals surface area contributed by atoms with Gasteiger partial charge in [-0.05, 0) is 64.2 Å². The average Bonchev–Trinajstić information content (AvgIpc) is 2.84. The summed E-state index contributed by atoms with van der Waals surface area (Å²) in [6.07, 6.45) is 30.7. The molecular weight excluding hydrogens is 424 g/mol. The molecule has 0 aromatic carbocycles. The lowest BCUT2D eigenvalue weighted by atomic mass is 10.1. The molecule has 4 nitrogen and oxygen atoms in total. The van der Waals surface area contributed by atoms with E-state index in [1.165, 1.54) is 77.0 Å². The van der Waals surface area contributed by atoms with E-state index < -0.39 is 0 Å². The second kappa shape index (κ2) is 27.7. The summed E-state index contributed by atoms with van der Waals surface area (Å²) in [5.74, 6) is -0.612. The van der Waals surface area contributed by atoms with Gasteiger partial charge in [-0.1, -0.05) is 89.5 Å². The van der Waals surface area contributed by atoms with E-state index in [9.17, 15) is 9.59 Å². The smallest absolute Gasteiger partial charge is 0.306 e. The summed E-state index contributed by atoms with van der Waals surface area (Å²) in [4.78, 5) is 23.5. The van der Waals surface area contributed by atoms with Gasteiger partial charge in [0.05, 0.1) is 26.1 Å². The molecule has 0 N–H and O–H groups in total. The van der Waals surface area contributed by atoms with Crippen LogP contribution in [0.4, 0.5) is 0 Å². The Labute approximate surface area is 210 Å². The lowest BCUT2D eigenvalue weighted by Gasteiger charge is -2.05. The third-order valence-corrected chi connectivity index (χ3v) is 5.87. The normalized spacial score (nSPS) is 11.5. The summed E-state index contributed by atoms with van der Waals surface area (Å²) in [5, 5.41) is 0. The summed E-state index contributed by atoms with van der Waals surface area (Å²) < 4.78 is 10.4. The number of esters is 2. The number of carbonyl (C=O) groups is 2. The maximum atomic E-state index is 11.8. The maximum Gasteiger partial charge on any atom is 0.306 e. The molecule has 0 bridgehead atoms. The van der Waals surface area contributed by atoms with E-state index in [-0.39, 0.29) is 24.8 Å².